The highest BCUT2D eigenvalue weighted by Gasteiger charge is 2.29. The molecule has 3 heterocycles. The fourth-order valence-corrected chi connectivity index (χ4v) is 4.22. The molecule has 0 spiro atoms. The standard InChI is InChI=1S/C26H30N4O2/c1-26(2,3)21-9-7-19(8-10-21)24(32)20-6-5-15-30(17-20)25-28-22(16-23(31)29(25)4)18-11-13-27-14-12-18/h7-14,16,20H,5-6,15,17H2,1-4H3. The van der Waals surface area contributed by atoms with Gasteiger partial charge in [0.15, 0.2) is 5.78 Å². The van der Waals surface area contributed by atoms with Crippen LogP contribution in [0.15, 0.2) is 59.7 Å². The second-order valence-corrected chi connectivity index (χ2v) is 9.55. The van der Waals surface area contributed by atoms with Gasteiger partial charge in [0.25, 0.3) is 5.56 Å². The highest BCUT2D eigenvalue weighted by molar-refractivity contribution is 5.98. The minimum atomic E-state index is -0.120. The maximum absolute atomic E-state index is 13.3. The molecule has 0 radical (unpaired) electrons. The van der Waals surface area contributed by atoms with Gasteiger partial charge < -0.3 is 4.90 Å². The number of carbonyl (C=O) groups is 1. The van der Waals surface area contributed by atoms with E-state index in [0.29, 0.717) is 18.2 Å². The van der Waals surface area contributed by atoms with Crippen molar-refractivity contribution in [2.45, 2.75) is 39.0 Å². The van der Waals surface area contributed by atoms with Gasteiger partial charge in [-0.25, -0.2) is 4.98 Å². The Morgan fingerprint density at radius 1 is 1.06 bits per heavy atom. The summed E-state index contributed by atoms with van der Waals surface area (Å²) in [6.45, 7) is 7.83. The number of ketones is 1. The van der Waals surface area contributed by atoms with E-state index < -0.39 is 0 Å². The quantitative estimate of drug-likeness (QED) is 0.579. The molecule has 0 saturated carbocycles. The first-order chi connectivity index (χ1) is 15.2. The van der Waals surface area contributed by atoms with Crippen molar-refractivity contribution in [3.63, 3.8) is 0 Å². The lowest BCUT2D eigenvalue weighted by molar-refractivity contribution is 0.0906. The zero-order valence-corrected chi connectivity index (χ0v) is 19.2. The van der Waals surface area contributed by atoms with E-state index in [-0.39, 0.29) is 22.7 Å². The number of piperidine rings is 1. The lowest BCUT2D eigenvalue weighted by atomic mass is 9.85. The molecule has 0 bridgehead atoms. The van der Waals surface area contributed by atoms with Gasteiger partial charge >= 0.3 is 0 Å². The molecule has 2 aromatic heterocycles. The summed E-state index contributed by atoms with van der Waals surface area (Å²) in [5.41, 5.74) is 3.37. The van der Waals surface area contributed by atoms with Gasteiger partial charge in [-0.05, 0) is 36.0 Å². The normalized spacial score (nSPS) is 16.8. The lowest BCUT2D eigenvalue weighted by Gasteiger charge is -2.33. The Morgan fingerprint density at radius 3 is 2.41 bits per heavy atom. The van der Waals surface area contributed by atoms with Crippen LogP contribution in [0.4, 0.5) is 5.95 Å². The van der Waals surface area contributed by atoms with Crippen LogP contribution in [0, 0.1) is 5.92 Å². The Morgan fingerprint density at radius 2 is 1.75 bits per heavy atom. The maximum Gasteiger partial charge on any atom is 0.255 e. The number of nitrogens with zero attached hydrogens (tertiary/aromatic N) is 4. The van der Waals surface area contributed by atoms with Crippen molar-refractivity contribution < 1.29 is 4.79 Å². The number of benzene rings is 1. The van der Waals surface area contributed by atoms with Crippen molar-refractivity contribution in [3.05, 3.63) is 76.3 Å². The first-order valence-electron chi connectivity index (χ1n) is 11.1. The molecule has 4 rings (SSSR count). The topological polar surface area (TPSA) is 68.1 Å². The molecule has 6 heteroatoms. The number of anilines is 1. The molecule has 6 nitrogen and oxygen atoms in total. The lowest BCUT2D eigenvalue weighted by Crippen LogP contribution is -2.42. The molecule has 1 fully saturated rings. The van der Waals surface area contributed by atoms with E-state index in [1.54, 1.807) is 30.1 Å². The summed E-state index contributed by atoms with van der Waals surface area (Å²) in [4.78, 5) is 36.8. The Labute approximate surface area is 189 Å². The van der Waals surface area contributed by atoms with Crippen molar-refractivity contribution in [1.29, 1.82) is 0 Å². The summed E-state index contributed by atoms with van der Waals surface area (Å²) in [5, 5.41) is 0. The van der Waals surface area contributed by atoms with Crippen molar-refractivity contribution >= 4 is 11.7 Å². The molecule has 166 valence electrons. The molecule has 0 N–H and O–H groups in total. The van der Waals surface area contributed by atoms with Crippen LogP contribution in [0.25, 0.3) is 11.3 Å². The summed E-state index contributed by atoms with van der Waals surface area (Å²) < 4.78 is 1.57. The van der Waals surface area contributed by atoms with E-state index in [1.807, 2.05) is 24.3 Å². The third kappa shape index (κ3) is 4.49. The summed E-state index contributed by atoms with van der Waals surface area (Å²) in [6, 6.07) is 13.2. The number of pyridine rings is 1. The summed E-state index contributed by atoms with van der Waals surface area (Å²) in [5.74, 6) is 0.640. The van der Waals surface area contributed by atoms with Gasteiger partial charge in [0.05, 0.1) is 5.69 Å². The molecule has 1 aromatic carbocycles. The van der Waals surface area contributed by atoms with Crippen molar-refractivity contribution in [1.82, 2.24) is 14.5 Å². The maximum atomic E-state index is 13.3. The molecule has 32 heavy (non-hydrogen) atoms. The number of aromatic nitrogens is 3. The SMILES string of the molecule is Cn1c(N2CCCC(C(=O)c3ccc(C(C)(C)C)cc3)C2)nc(-c2ccncc2)cc1=O. The van der Waals surface area contributed by atoms with E-state index in [9.17, 15) is 9.59 Å². The number of Topliss-reactive ketones (excluding diaryl/α,β-unsaturated/α-hetero) is 1. The van der Waals surface area contributed by atoms with Crippen LogP contribution in [-0.2, 0) is 12.5 Å². The zero-order valence-electron chi connectivity index (χ0n) is 19.2. The van der Waals surface area contributed by atoms with E-state index in [4.69, 9.17) is 4.98 Å². The largest absolute Gasteiger partial charge is 0.341 e. The van der Waals surface area contributed by atoms with Crippen LogP contribution in [0.5, 0.6) is 0 Å². The first-order valence-corrected chi connectivity index (χ1v) is 11.1. The van der Waals surface area contributed by atoms with Gasteiger partial charge in [-0.3, -0.25) is 19.1 Å². The average Bonchev–Trinajstić information content (AvgIpc) is 2.80. The third-order valence-electron chi connectivity index (χ3n) is 6.20. The van der Waals surface area contributed by atoms with Gasteiger partial charge in [0.1, 0.15) is 0 Å². The second kappa shape index (κ2) is 8.69. The van der Waals surface area contributed by atoms with E-state index >= 15 is 0 Å². The Kier molecular flexibility index (Phi) is 5.96. The van der Waals surface area contributed by atoms with Crippen molar-refractivity contribution in [2.24, 2.45) is 13.0 Å². The smallest absolute Gasteiger partial charge is 0.255 e. The highest BCUT2D eigenvalue weighted by atomic mass is 16.1. The van der Waals surface area contributed by atoms with Crippen LogP contribution in [-0.4, -0.2) is 33.4 Å². The van der Waals surface area contributed by atoms with Gasteiger partial charge in [-0.2, -0.15) is 0 Å². The highest BCUT2D eigenvalue weighted by Crippen LogP contribution is 2.27. The summed E-state index contributed by atoms with van der Waals surface area (Å²) >= 11 is 0. The van der Waals surface area contributed by atoms with E-state index in [1.165, 1.54) is 5.56 Å². The molecule has 0 aliphatic carbocycles. The average molecular weight is 431 g/mol. The fraction of sp³-hybridized carbons (Fsp3) is 0.385. The molecule has 0 amide bonds. The number of rotatable bonds is 4. The first kappa shape index (κ1) is 21.9. The molecular weight excluding hydrogens is 400 g/mol. The Bertz CT molecular complexity index is 1160. The molecule has 1 unspecified atom stereocenters. The summed E-state index contributed by atoms with van der Waals surface area (Å²) in [6.07, 6.45) is 5.10. The number of hydrogen-bond acceptors (Lipinski definition) is 5. The molecular formula is C26H30N4O2. The van der Waals surface area contributed by atoms with E-state index in [2.05, 4.69) is 42.8 Å². The van der Waals surface area contributed by atoms with Gasteiger partial charge in [-0.15, -0.1) is 0 Å². The predicted octanol–water partition coefficient (Wildman–Crippen LogP) is 4.24. The van der Waals surface area contributed by atoms with Crippen LogP contribution in [0.2, 0.25) is 0 Å². The number of carbonyl (C=O) groups excluding carboxylic acids is 1. The predicted molar refractivity (Wildman–Crippen MR) is 127 cm³/mol. The monoisotopic (exact) mass is 430 g/mol. The van der Waals surface area contributed by atoms with Crippen LogP contribution in [0.1, 0.15) is 49.5 Å². The van der Waals surface area contributed by atoms with E-state index in [0.717, 1.165) is 30.5 Å². The second-order valence-electron chi connectivity index (χ2n) is 9.55. The minimum absolute atomic E-state index is 0.0551. The fourth-order valence-electron chi connectivity index (χ4n) is 4.22. The van der Waals surface area contributed by atoms with Crippen LogP contribution >= 0.6 is 0 Å². The van der Waals surface area contributed by atoms with Gasteiger partial charge in [0.2, 0.25) is 5.95 Å². The van der Waals surface area contributed by atoms with Crippen LogP contribution in [0.3, 0.4) is 0 Å². The molecule has 3 aromatic rings. The molecule has 1 atom stereocenters. The molecule has 1 aliphatic rings. The Balaban J connectivity index is 1.58. The zero-order chi connectivity index (χ0) is 22.9. The summed E-state index contributed by atoms with van der Waals surface area (Å²) in [7, 11) is 1.73. The molecule has 1 saturated heterocycles. The number of hydrogen-bond donors (Lipinski definition) is 0. The third-order valence-corrected chi connectivity index (χ3v) is 6.20. The van der Waals surface area contributed by atoms with Crippen LogP contribution < -0.4 is 10.5 Å². The van der Waals surface area contributed by atoms with Gasteiger partial charge in [0, 0.05) is 55.6 Å². The Hall–Kier alpha value is -3.28. The minimum Gasteiger partial charge on any atom is -0.341 e. The van der Waals surface area contributed by atoms with Gasteiger partial charge in [-0.1, -0.05) is 45.0 Å². The van der Waals surface area contributed by atoms with Crippen molar-refractivity contribution in [3.8, 4) is 11.3 Å². The van der Waals surface area contributed by atoms with Crippen molar-refractivity contribution in [2.75, 3.05) is 18.0 Å². The molecule has 1 aliphatic heterocycles.